The number of anilines is 1. The van der Waals surface area contributed by atoms with Gasteiger partial charge in [-0.3, -0.25) is 10.4 Å². The van der Waals surface area contributed by atoms with Gasteiger partial charge >= 0.3 is 0 Å². The molecule has 0 radical (unpaired) electrons. The van der Waals surface area contributed by atoms with E-state index in [9.17, 15) is 0 Å². The zero-order valence-electron chi connectivity index (χ0n) is 8.11. The molecule has 14 heavy (non-hydrogen) atoms. The quantitative estimate of drug-likeness (QED) is 0.727. The highest BCUT2D eigenvalue weighted by molar-refractivity contribution is 5.85. The van der Waals surface area contributed by atoms with Crippen LogP contribution in [0.2, 0.25) is 0 Å². The van der Waals surface area contributed by atoms with Gasteiger partial charge in [0, 0.05) is 18.1 Å². The van der Waals surface area contributed by atoms with Crippen molar-refractivity contribution in [2.24, 2.45) is 5.10 Å². The summed E-state index contributed by atoms with van der Waals surface area (Å²) in [6.07, 6.45) is 11.1. The van der Waals surface area contributed by atoms with Crippen molar-refractivity contribution in [1.82, 2.24) is 9.97 Å². The van der Waals surface area contributed by atoms with Gasteiger partial charge in [0.2, 0.25) is 0 Å². The van der Waals surface area contributed by atoms with Gasteiger partial charge in [-0.1, -0.05) is 6.42 Å². The summed E-state index contributed by atoms with van der Waals surface area (Å²) >= 11 is 0. The first kappa shape index (κ1) is 9.12. The number of nitrogens with zero attached hydrogens (tertiary/aromatic N) is 3. The minimum absolute atomic E-state index is 0.713. The fourth-order valence-corrected chi connectivity index (χ4v) is 1.56. The highest BCUT2D eigenvalue weighted by Crippen LogP contribution is 2.14. The van der Waals surface area contributed by atoms with E-state index in [2.05, 4.69) is 20.5 Å². The average Bonchev–Trinajstić information content (AvgIpc) is 2.29. The third-order valence-corrected chi connectivity index (χ3v) is 2.32. The van der Waals surface area contributed by atoms with Crippen LogP contribution >= 0.6 is 0 Å². The molecule has 4 nitrogen and oxygen atoms in total. The molecule has 1 saturated carbocycles. The molecular formula is C10H14N4. The van der Waals surface area contributed by atoms with Crippen LogP contribution in [0.25, 0.3) is 0 Å². The predicted molar refractivity (Wildman–Crippen MR) is 56.2 cm³/mol. The topological polar surface area (TPSA) is 50.2 Å². The summed E-state index contributed by atoms with van der Waals surface area (Å²) in [7, 11) is 0. The Bertz CT molecular complexity index is 299. The standard InChI is InChI=1S/C10H14N4/c1-2-4-9(5-3-1)13-14-10-8-11-6-7-12-10/h6-8H,1-5H2,(H,12,14). The zero-order valence-corrected chi connectivity index (χ0v) is 8.11. The molecular weight excluding hydrogens is 176 g/mol. The van der Waals surface area contributed by atoms with Crippen molar-refractivity contribution in [1.29, 1.82) is 0 Å². The molecule has 1 aliphatic rings. The van der Waals surface area contributed by atoms with E-state index >= 15 is 0 Å². The lowest BCUT2D eigenvalue weighted by atomic mass is 9.99. The Morgan fingerprint density at radius 3 is 2.71 bits per heavy atom. The van der Waals surface area contributed by atoms with Crippen molar-refractivity contribution < 1.29 is 0 Å². The van der Waals surface area contributed by atoms with Gasteiger partial charge in [-0.15, -0.1) is 0 Å². The summed E-state index contributed by atoms with van der Waals surface area (Å²) in [5.41, 5.74) is 4.18. The number of rotatable bonds is 2. The molecule has 1 fully saturated rings. The van der Waals surface area contributed by atoms with Crippen LogP contribution in [-0.4, -0.2) is 15.7 Å². The van der Waals surface area contributed by atoms with Crippen LogP contribution in [-0.2, 0) is 0 Å². The number of hydrazone groups is 1. The lowest BCUT2D eigenvalue weighted by Crippen LogP contribution is -2.07. The molecule has 74 valence electrons. The van der Waals surface area contributed by atoms with Gasteiger partial charge in [0.1, 0.15) is 0 Å². The van der Waals surface area contributed by atoms with Crippen molar-refractivity contribution in [3.05, 3.63) is 18.6 Å². The molecule has 1 aliphatic carbocycles. The highest BCUT2D eigenvalue weighted by Gasteiger charge is 2.06. The second-order valence-corrected chi connectivity index (χ2v) is 3.44. The molecule has 1 aromatic rings. The molecule has 0 unspecified atom stereocenters. The van der Waals surface area contributed by atoms with Gasteiger partial charge in [-0.2, -0.15) is 5.10 Å². The van der Waals surface area contributed by atoms with Gasteiger partial charge in [0.25, 0.3) is 0 Å². The monoisotopic (exact) mass is 190 g/mol. The van der Waals surface area contributed by atoms with Gasteiger partial charge in [0.15, 0.2) is 5.82 Å². The fourth-order valence-electron chi connectivity index (χ4n) is 1.56. The van der Waals surface area contributed by atoms with E-state index < -0.39 is 0 Å². The molecule has 0 bridgehead atoms. The van der Waals surface area contributed by atoms with Crippen LogP contribution in [0.4, 0.5) is 5.82 Å². The lowest BCUT2D eigenvalue weighted by molar-refractivity contribution is 0.665. The van der Waals surface area contributed by atoms with E-state index in [1.54, 1.807) is 18.6 Å². The van der Waals surface area contributed by atoms with Crippen molar-refractivity contribution in [2.75, 3.05) is 5.43 Å². The van der Waals surface area contributed by atoms with Crippen LogP contribution in [0.15, 0.2) is 23.7 Å². The maximum atomic E-state index is 4.32. The number of hydrogen-bond acceptors (Lipinski definition) is 4. The van der Waals surface area contributed by atoms with E-state index in [0.717, 1.165) is 12.8 Å². The second-order valence-electron chi connectivity index (χ2n) is 3.44. The van der Waals surface area contributed by atoms with Crippen LogP contribution in [0.3, 0.4) is 0 Å². The number of hydrogen-bond donors (Lipinski definition) is 1. The van der Waals surface area contributed by atoms with Gasteiger partial charge in [0.05, 0.1) is 6.20 Å². The summed E-state index contributed by atoms with van der Waals surface area (Å²) in [5.74, 6) is 0.713. The van der Waals surface area contributed by atoms with Crippen molar-refractivity contribution in [3.8, 4) is 0 Å². The molecule has 0 amide bonds. The Hall–Kier alpha value is -1.45. The summed E-state index contributed by atoms with van der Waals surface area (Å²) in [4.78, 5) is 8.04. The first-order chi connectivity index (χ1) is 6.95. The van der Waals surface area contributed by atoms with Crippen LogP contribution < -0.4 is 5.43 Å². The minimum atomic E-state index is 0.713. The van der Waals surface area contributed by atoms with Crippen molar-refractivity contribution >= 4 is 11.5 Å². The zero-order chi connectivity index (χ0) is 9.64. The first-order valence-corrected chi connectivity index (χ1v) is 5.02. The van der Waals surface area contributed by atoms with E-state index in [1.165, 1.54) is 25.0 Å². The third kappa shape index (κ3) is 2.52. The molecule has 4 heteroatoms. The van der Waals surface area contributed by atoms with Crippen LogP contribution in [0, 0.1) is 0 Å². The van der Waals surface area contributed by atoms with E-state index in [0.29, 0.717) is 5.82 Å². The molecule has 0 saturated heterocycles. The van der Waals surface area contributed by atoms with E-state index in [-0.39, 0.29) is 0 Å². The Labute approximate surface area is 83.5 Å². The smallest absolute Gasteiger partial charge is 0.164 e. The Morgan fingerprint density at radius 2 is 2.00 bits per heavy atom. The second kappa shape index (κ2) is 4.69. The highest BCUT2D eigenvalue weighted by atomic mass is 15.3. The summed E-state index contributed by atoms with van der Waals surface area (Å²) in [6, 6.07) is 0. The molecule has 1 aromatic heterocycles. The molecule has 1 heterocycles. The van der Waals surface area contributed by atoms with Crippen LogP contribution in [0.5, 0.6) is 0 Å². The van der Waals surface area contributed by atoms with Gasteiger partial charge in [-0.25, -0.2) is 4.98 Å². The molecule has 0 aromatic carbocycles. The summed E-state index contributed by atoms with van der Waals surface area (Å²) in [5, 5.41) is 4.32. The minimum Gasteiger partial charge on any atom is -0.260 e. The van der Waals surface area contributed by atoms with Crippen LogP contribution in [0.1, 0.15) is 32.1 Å². The Kier molecular flexibility index (Phi) is 3.06. The maximum absolute atomic E-state index is 4.32. The lowest BCUT2D eigenvalue weighted by Gasteiger charge is -2.11. The van der Waals surface area contributed by atoms with Gasteiger partial charge < -0.3 is 0 Å². The number of nitrogens with one attached hydrogen (secondary N) is 1. The largest absolute Gasteiger partial charge is 0.260 e. The summed E-state index contributed by atoms with van der Waals surface area (Å²) < 4.78 is 0. The molecule has 1 N–H and O–H groups in total. The molecule has 0 atom stereocenters. The first-order valence-electron chi connectivity index (χ1n) is 5.02. The Balaban J connectivity index is 1.92. The SMILES string of the molecule is c1cnc(NN=C2CCCCC2)cn1. The Morgan fingerprint density at radius 1 is 1.14 bits per heavy atom. The third-order valence-electron chi connectivity index (χ3n) is 2.32. The molecule has 0 spiro atoms. The average molecular weight is 190 g/mol. The van der Waals surface area contributed by atoms with Gasteiger partial charge in [-0.05, 0) is 25.7 Å². The fraction of sp³-hybridized carbons (Fsp3) is 0.500. The normalized spacial score (nSPS) is 16.4. The van der Waals surface area contributed by atoms with Crippen molar-refractivity contribution in [3.63, 3.8) is 0 Å². The maximum Gasteiger partial charge on any atom is 0.164 e. The molecule has 2 rings (SSSR count). The van der Waals surface area contributed by atoms with Crippen molar-refractivity contribution in [2.45, 2.75) is 32.1 Å². The number of aromatic nitrogens is 2. The van der Waals surface area contributed by atoms with E-state index in [4.69, 9.17) is 0 Å². The predicted octanol–water partition coefficient (Wildman–Crippen LogP) is 2.21. The molecule has 0 aliphatic heterocycles. The van der Waals surface area contributed by atoms with E-state index in [1.807, 2.05) is 0 Å². The summed E-state index contributed by atoms with van der Waals surface area (Å²) in [6.45, 7) is 0.